The molecule has 0 atom stereocenters. The topological polar surface area (TPSA) is 51.1 Å². The van der Waals surface area contributed by atoms with E-state index in [0.717, 1.165) is 13.1 Å². The van der Waals surface area contributed by atoms with Gasteiger partial charge in [-0.05, 0) is 25.6 Å². The van der Waals surface area contributed by atoms with Crippen LogP contribution in [0.2, 0.25) is 0 Å². The molecule has 0 amide bonds. The van der Waals surface area contributed by atoms with Gasteiger partial charge in [0.25, 0.3) is 0 Å². The molecule has 1 N–H and O–H groups in total. The van der Waals surface area contributed by atoms with E-state index in [9.17, 15) is 8.42 Å². The second kappa shape index (κ2) is 6.06. The van der Waals surface area contributed by atoms with Gasteiger partial charge in [-0.15, -0.1) is 0 Å². The number of nitrogens with one attached hydrogen (secondary N) is 1. The third kappa shape index (κ3) is 3.98. The Kier molecular flexibility index (Phi) is 5.02. The van der Waals surface area contributed by atoms with Crippen molar-refractivity contribution < 1.29 is 8.42 Å². The minimum absolute atomic E-state index is 0.238. The highest BCUT2D eigenvalue weighted by Crippen LogP contribution is 2.04. The lowest BCUT2D eigenvalue weighted by Gasteiger charge is -2.08. The average Bonchev–Trinajstić information content (AvgIpc) is 2.66. The summed E-state index contributed by atoms with van der Waals surface area (Å²) in [7, 11) is -0.925. The fourth-order valence-electron chi connectivity index (χ4n) is 1.61. The summed E-state index contributed by atoms with van der Waals surface area (Å²) in [4.78, 5) is 0. The molecule has 0 aliphatic rings. The molecule has 0 radical (unpaired) electrons. The van der Waals surface area contributed by atoms with E-state index < -0.39 is 9.84 Å². The molecule has 92 valence electrons. The lowest BCUT2D eigenvalue weighted by Crippen LogP contribution is -2.14. The van der Waals surface area contributed by atoms with E-state index in [1.165, 1.54) is 5.69 Å². The lowest BCUT2D eigenvalue weighted by molar-refractivity contribution is 0.582. The predicted molar refractivity (Wildman–Crippen MR) is 66.1 cm³/mol. The smallest absolute Gasteiger partial charge is 0.150 e. The van der Waals surface area contributed by atoms with Gasteiger partial charge in [-0.25, -0.2) is 8.42 Å². The van der Waals surface area contributed by atoms with E-state index in [-0.39, 0.29) is 11.5 Å². The van der Waals surface area contributed by atoms with Crippen molar-refractivity contribution in [3.63, 3.8) is 0 Å². The van der Waals surface area contributed by atoms with Crippen LogP contribution in [0.1, 0.15) is 19.0 Å². The van der Waals surface area contributed by atoms with Crippen molar-refractivity contribution >= 4 is 9.84 Å². The molecular formula is C11H20N2O2S. The quantitative estimate of drug-likeness (QED) is 0.779. The minimum atomic E-state index is -2.83. The van der Waals surface area contributed by atoms with Crippen LogP contribution in [0.25, 0.3) is 0 Å². The highest BCUT2D eigenvalue weighted by molar-refractivity contribution is 7.91. The maximum atomic E-state index is 11.3. The van der Waals surface area contributed by atoms with Gasteiger partial charge in [-0.3, -0.25) is 0 Å². The molecule has 0 saturated carbocycles. The number of nitrogens with zero attached hydrogens (tertiary/aromatic N) is 1. The Bertz CT molecular complexity index is 409. The highest BCUT2D eigenvalue weighted by Gasteiger charge is 2.07. The van der Waals surface area contributed by atoms with E-state index in [1.54, 1.807) is 6.92 Å². The van der Waals surface area contributed by atoms with Crippen molar-refractivity contribution in [1.82, 2.24) is 9.88 Å². The molecule has 0 aliphatic heterocycles. The zero-order valence-electron chi connectivity index (χ0n) is 9.94. The van der Waals surface area contributed by atoms with Crippen molar-refractivity contribution in [2.45, 2.75) is 26.4 Å². The second-order valence-electron chi connectivity index (χ2n) is 3.81. The first-order valence-corrected chi connectivity index (χ1v) is 7.40. The van der Waals surface area contributed by atoms with E-state index in [1.807, 2.05) is 25.4 Å². The van der Waals surface area contributed by atoms with Crippen LogP contribution in [0.3, 0.4) is 0 Å². The summed E-state index contributed by atoms with van der Waals surface area (Å²) in [5.74, 6) is 0.517. The molecule has 0 saturated heterocycles. The van der Waals surface area contributed by atoms with Gasteiger partial charge in [0, 0.05) is 30.7 Å². The van der Waals surface area contributed by atoms with Crippen molar-refractivity contribution in [2.24, 2.45) is 0 Å². The summed E-state index contributed by atoms with van der Waals surface area (Å²) < 4.78 is 24.7. The lowest BCUT2D eigenvalue weighted by atomic mass is 10.4. The van der Waals surface area contributed by atoms with Gasteiger partial charge in [-0.1, -0.05) is 6.92 Å². The van der Waals surface area contributed by atoms with Crippen molar-refractivity contribution in [3.8, 4) is 0 Å². The maximum Gasteiger partial charge on any atom is 0.150 e. The van der Waals surface area contributed by atoms with Gasteiger partial charge in [0.2, 0.25) is 0 Å². The molecule has 4 nitrogen and oxygen atoms in total. The summed E-state index contributed by atoms with van der Waals surface area (Å²) in [5.41, 5.74) is 1.19. The van der Waals surface area contributed by atoms with Crippen LogP contribution >= 0.6 is 0 Å². The number of aryl methyl sites for hydroxylation is 1. The largest absolute Gasteiger partial charge is 0.350 e. The van der Waals surface area contributed by atoms with E-state index in [0.29, 0.717) is 6.42 Å². The third-order valence-corrected chi connectivity index (χ3v) is 4.37. The third-order valence-electron chi connectivity index (χ3n) is 2.58. The minimum Gasteiger partial charge on any atom is -0.350 e. The molecule has 0 fully saturated rings. The Labute approximate surface area is 97.6 Å². The van der Waals surface area contributed by atoms with Crippen LogP contribution in [0.4, 0.5) is 0 Å². The van der Waals surface area contributed by atoms with Crippen molar-refractivity contribution in [2.75, 3.05) is 18.6 Å². The van der Waals surface area contributed by atoms with Crippen LogP contribution in [0.15, 0.2) is 18.3 Å². The normalized spacial score (nSPS) is 11.9. The van der Waals surface area contributed by atoms with E-state index in [4.69, 9.17) is 0 Å². The van der Waals surface area contributed by atoms with Gasteiger partial charge in [0.1, 0.15) is 9.84 Å². The number of rotatable bonds is 7. The van der Waals surface area contributed by atoms with E-state index in [2.05, 4.69) is 9.88 Å². The zero-order chi connectivity index (χ0) is 12.0. The van der Waals surface area contributed by atoms with Crippen molar-refractivity contribution in [1.29, 1.82) is 0 Å². The summed E-state index contributed by atoms with van der Waals surface area (Å²) in [5, 5.41) is 3.09. The van der Waals surface area contributed by atoms with Crippen molar-refractivity contribution in [3.05, 3.63) is 24.0 Å². The summed E-state index contributed by atoms with van der Waals surface area (Å²) in [6.45, 7) is 3.27. The van der Waals surface area contributed by atoms with Crippen LogP contribution in [-0.4, -0.2) is 31.5 Å². The van der Waals surface area contributed by atoms with Gasteiger partial charge < -0.3 is 9.88 Å². The van der Waals surface area contributed by atoms with Gasteiger partial charge in [0.05, 0.1) is 5.75 Å². The first kappa shape index (κ1) is 13.3. The molecular weight excluding hydrogens is 224 g/mol. The molecule has 5 heteroatoms. The first-order chi connectivity index (χ1) is 7.59. The van der Waals surface area contributed by atoms with Gasteiger partial charge in [-0.2, -0.15) is 0 Å². The Morgan fingerprint density at radius 1 is 1.44 bits per heavy atom. The standard InChI is InChI=1S/C11H20N2O2S/c1-3-16(14,15)9-5-8-13-7-4-6-11(13)10-12-2/h4,6-7,12H,3,5,8-10H2,1-2H3. The predicted octanol–water partition coefficient (Wildman–Crippen LogP) is 1.03. The molecule has 0 bridgehead atoms. The highest BCUT2D eigenvalue weighted by atomic mass is 32.2. The molecule has 1 aromatic heterocycles. The number of aromatic nitrogens is 1. The SMILES string of the molecule is CCS(=O)(=O)CCCn1cccc1CNC. The van der Waals surface area contributed by atoms with Crippen LogP contribution in [0.5, 0.6) is 0 Å². The second-order valence-corrected chi connectivity index (χ2v) is 6.29. The van der Waals surface area contributed by atoms with Gasteiger partial charge in [0.15, 0.2) is 0 Å². The molecule has 1 rings (SSSR count). The molecule has 0 spiro atoms. The van der Waals surface area contributed by atoms with Gasteiger partial charge >= 0.3 is 0 Å². The Hall–Kier alpha value is -0.810. The van der Waals surface area contributed by atoms with E-state index >= 15 is 0 Å². The van der Waals surface area contributed by atoms with Crippen LogP contribution in [0, 0.1) is 0 Å². The Morgan fingerprint density at radius 3 is 2.81 bits per heavy atom. The number of hydrogen-bond acceptors (Lipinski definition) is 3. The van der Waals surface area contributed by atoms with Crippen LogP contribution in [-0.2, 0) is 22.9 Å². The molecule has 1 aromatic rings. The number of hydrogen-bond donors (Lipinski definition) is 1. The summed E-state index contributed by atoms with van der Waals surface area (Å²) in [6.07, 6.45) is 2.67. The monoisotopic (exact) mass is 244 g/mol. The Balaban J connectivity index is 2.46. The zero-order valence-corrected chi connectivity index (χ0v) is 10.8. The molecule has 1 heterocycles. The summed E-state index contributed by atoms with van der Waals surface area (Å²) in [6, 6.07) is 4.03. The first-order valence-electron chi connectivity index (χ1n) is 5.58. The fraction of sp³-hybridized carbons (Fsp3) is 0.636. The Morgan fingerprint density at radius 2 is 2.19 bits per heavy atom. The molecule has 0 unspecified atom stereocenters. The molecule has 0 aromatic carbocycles. The number of sulfone groups is 1. The average molecular weight is 244 g/mol. The fourth-order valence-corrected chi connectivity index (χ4v) is 2.47. The molecule has 0 aliphatic carbocycles. The molecule has 16 heavy (non-hydrogen) atoms. The maximum absolute atomic E-state index is 11.3. The van der Waals surface area contributed by atoms with Crippen LogP contribution < -0.4 is 5.32 Å². The summed E-state index contributed by atoms with van der Waals surface area (Å²) >= 11 is 0.